The van der Waals surface area contributed by atoms with Crippen LogP contribution in [0.15, 0.2) is 66.9 Å². The summed E-state index contributed by atoms with van der Waals surface area (Å²) in [5.41, 5.74) is 2.61. The maximum absolute atomic E-state index is 14.2. The third-order valence-electron chi connectivity index (χ3n) is 6.62. The molecule has 2 saturated heterocycles. The highest BCUT2D eigenvalue weighted by molar-refractivity contribution is 5.92. The Kier molecular flexibility index (Phi) is 4.57. The fourth-order valence-electron chi connectivity index (χ4n) is 5.03. The lowest BCUT2D eigenvalue weighted by Crippen LogP contribution is -2.43. The number of halogens is 1. The van der Waals surface area contributed by atoms with Crippen molar-refractivity contribution < 1.29 is 4.39 Å². The van der Waals surface area contributed by atoms with Crippen molar-refractivity contribution in [2.45, 2.75) is 31.5 Å². The molecular weight excluding hydrogens is 403 g/mol. The Balaban J connectivity index is 1.35. The van der Waals surface area contributed by atoms with Crippen LogP contribution in [0.4, 0.5) is 16.0 Å². The quantitative estimate of drug-likeness (QED) is 0.497. The zero-order valence-electron chi connectivity index (χ0n) is 17.9. The Morgan fingerprint density at radius 1 is 1.12 bits per heavy atom. The molecular formula is C25H25FN6. The van der Waals surface area contributed by atoms with Gasteiger partial charge in [-0.2, -0.15) is 0 Å². The molecule has 0 amide bonds. The van der Waals surface area contributed by atoms with Crippen LogP contribution >= 0.6 is 0 Å². The van der Waals surface area contributed by atoms with E-state index in [9.17, 15) is 4.39 Å². The third-order valence-corrected chi connectivity index (χ3v) is 6.62. The minimum Gasteiger partial charge on any atom is -0.363 e. The molecule has 2 aliphatic rings. The number of hydrogen-bond donors (Lipinski definition) is 2. The number of anilines is 2. The normalized spacial score (nSPS) is 20.8. The molecule has 2 aliphatic heterocycles. The van der Waals surface area contributed by atoms with Crippen molar-refractivity contribution in [1.29, 1.82) is 0 Å². The number of piperazine rings is 1. The summed E-state index contributed by atoms with van der Waals surface area (Å²) in [6.45, 7) is 3.95. The van der Waals surface area contributed by atoms with Crippen molar-refractivity contribution >= 4 is 22.5 Å². The van der Waals surface area contributed by atoms with E-state index in [1.165, 1.54) is 12.5 Å². The summed E-state index contributed by atoms with van der Waals surface area (Å²) >= 11 is 0. The molecule has 3 atom stereocenters. The topological polar surface area (TPSA) is 58.0 Å². The van der Waals surface area contributed by atoms with Crippen molar-refractivity contribution in [1.82, 2.24) is 20.1 Å². The van der Waals surface area contributed by atoms with Crippen LogP contribution in [0, 0.1) is 5.82 Å². The van der Waals surface area contributed by atoms with Crippen LogP contribution in [0.1, 0.15) is 24.9 Å². The number of fused-ring (bicyclic) bond motifs is 3. The smallest absolute Gasteiger partial charge is 0.159 e. The number of nitrogens with zero attached hydrogens (tertiary/aromatic N) is 4. The molecule has 6 nitrogen and oxygen atoms in total. The Morgan fingerprint density at radius 3 is 2.78 bits per heavy atom. The molecule has 32 heavy (non-hydrogen) atoms. The number of benzene rings is 2. The second-order valence-corrected chi connectivity index (χ2v) is 8.69. The van der Waals surface area contributed by atoms with Crippen molar-refractivity contribution in [3.8, 4) is 5.69 Å². The molecule has 2 aromatic heterocycles. The summed E-state index contributed by atoms with van der Waals surface area (Å²) in [6.07, 6.45) is 2.95. The molecule has 2 fully saturated rings. The lowest BCUT2D eigenvalue weighted by atomic mass is 10.1. The molecule has 2 N–H and O–H groups in total. The van der Waals surface area contributed by atoms with Crippen LogP contribution in [0.3, 0.4) is 0 Å². The van der Waals surface area contributed by atoms with E-state index >= 15 is 0 Å². The first-order valence-electron chi connectivity index (χ1n) is 11.1. The summed E-state index contributed by atoms with van der Waals surface area (Å²) in [4.78, 5) is 6.91. The van der Waals surface area contributed by atoms with Gasteiger partial charge in [-0.15, -0.1) is 5.10 Å². The SMILES string of the molecule is CC(Nc1cc(-n2nc(N3CC4CC3CN4)c3ccccc32)ccn1)c1ccccc1F. The summed E-state index contributed by atoms with van der Waals surface area (Å²) in [6, 6.07) is 20.0. The number of para-hydroxylation sites is 1. The molecule has 4 heterocycles. The lowest BCUT2D eigenvalue weighted by Gasteiger charge is -2.27. The van der Waals surface area contributed by atoms with Crippen molar-refractivity contribution in [3.63, 3.8) is 0 Å². The van der Waals surface area contributed by atoms with Gasteiger partial charge in [-0.25, -0.2) is 14.1 Å². The Bertz CT molecular complexity index is 1280. The summed E-state index contributed by atoms with van der Waals surface area (Å²) < 4.78 is 16.2. The minimum absolute atomic E-state index is 0.212. The van der Waals surface area contributed by atoms with Gasteiger partial charge in [0, 0.05) is 48.4 Å². The fourth-order valence-corrected chi connectivity index (χ4v) is 5.03. The molecule has 0 saturated carbocycles. The molecule has 162 valence electrons. The van der Waals surface area contributed by atoms with Gasteiger partial charge in [0.2, 0.25) is 0 Å². The first-order valence-corrected chi connectivity index (χ1v) is 11.1. The molecule has 6 rings (SSSR count). The maximum Gasteiger partial charge on any atom is 0.159 e. The zero-order valence-corrected chi connectivity index (χ0v) is 17.9. The van der Waals surface area contributed by atoms with Gasteiger partial charge in [0.25, 0.3) is 0 Å². The van der Waals surface area contributed by atoms with Gasteiger partial charge in [-0.3, -0.25) is 0 Å². The standard InChI is InChI=1S/C25H25FN6/c1-16(20-6-2-4-8-22(20)26)29-24-13-18(10-11-27-24)32-23-9-5-3-7-21(23)25(30-32)31-15-17-12-19(31)14-28-17/h2-11,13,16-17,19,28H,12,14-15H2,1H3,(H,27,29). The third kappa shape index (κ3) is 3.20. The van der Waals surface area contributed by atoms with Crippen LogP contribution in [-0.4, -0.2) is 39.9 Å². The molecule has 0 radical (unpaired) electrons. The average molecular weight is 429 g/mol. The molecule has 0 spiro atoms. The summed E-state index contributed by atoms with van der Waals surface area (Å²) in [5, 5.41) is 13.1. The van der Waals surface area contributed by atoms with E-state index in [1.54, 1.807) is 18.3 Å². The van der Waals surface area contributed by atoms with Gasteiger partial charge < -0.3 is 15.5 Å². The van der Waals surface area contributed by atoms with Gasteiger partial charge in [-0.1, -0.05) is 30.3 Å². The Morgan fingerprint density at radius 2 is 1.97 bits per heavy atom. The molecule has 2 bridgehead atoms. The van der Waals surface area contributed by atoms with Crippen molar-refractivity contribution in [2.75, 3.05) is 23.3 Å². The predicted octanol–water partition coefficient (Wildman–Crippen LogP) is 4.28. The highest BCUT2D eigenvalue weighted by Gasteiger charge is 2.39. The van der Waals surface area contributed by atoms with Gasteiger partial charge in [-0.05, 0) is 37.6 Å². The van der Waals surface area contributed by atoms with E-state index in [2.05, 4.69) is 38.7 Å². The monoisotopic (exact) mass is 428 g/mol. The second kappa shape index (κ2) is 7.60. The van der Waals surface area contributed by atoms with E-state index in [0.717, 1.165) is 35.5 Å². The van der Waals surface area contributed by atoms with Crippen molar-refractivity contribution in [3.05, 3.63) is 78.2 Å². The van der Waals surface area contributed by atoms with Gasteiger partial charge >= 0.3 is 0 Å². The first kappa shape index (κ1) is 19.3. The number of nitrogens with one attached hydrogen (secondary N) is 2. The van der Waals surface area contributed by atoms with Crippen LogP contribution < -0.4 is 15.5 Å². The minimum atomic E-state index is -0.222. The second-order valence-electron chi connectivity index (χ2n) is 8.69. The van der Waals surface area contributed by atoms with Gasteiger partial charge in [0.15, 0.2) is 5.82 Å². The Hall–Kier alpha value is -3.45. The first-order chi connectivity index (χ1) is 15.7. The van der Waals surface area contributed by atoms with Crippen LogP contribution in [0.25, 0.3) is 16.6 Å². The Labute approximate surface area is 186 Å². The van der Waals surface area contributed by atoms with E-state index in [-0.39, 0.29) is 11.9 Å². The predicted molar refractivity (Wildman–Crippen MR) is 125 cm³/mol. The van der Waals surface area contributed by atoms with E-state index in [0.29, 0.717) is 23.5 Å². The highest BCUT2D eigenvalue weighted by Crippen LogP contribution is 2.35. The molecule has 4 aromatic rings. The molecule has 3 unspecified atom stereocenters. The fraction of sp³-hybridized carbons (Fsp3) is 0.280. The maximum atomic E-state index is 14.2. The molecule has 7 heteroatoms. The van der Waals surface area contributed by atoms with E-state index in [4.69, 9.17) is 5.10 Å². The number of rotatable bonds is 5. The van der Waals surface area contributed by atoms with Crippen molar-refractivity contribution in [2.24, 2.45) is 0 Å². The van der Waals surface area contributed by atoms with E-state index in [1.807, 2.05) is 35.9 Å². The van der Waals surface area contributed by atoms with Gasteiger partial charge in [0.1, 0.15) is 11.6 Å². The number of aromatic nitrogens is 3. The number of pyridine rings is 1. The molecule has 0 aliphatic carbocycles. The lowest BCUT2D eigenvalue weighted by molar-refractivity contribution is 0.575. The average Bonchev–Trinajstić information content (AvgIpc) is 3.54. The molecule has 2 aromatic carbocycles. The highest BCUT2D eigenvalue weighted by atomic mass is 19.1. The largest absolute Gasteiger partial charge is 0.363 e. The van der Waals surface area contributed by atoms with Crippen LogP contribution in [0.2, 0.25) is 0 Å². The van der Waals surface area contributed by atoms with E-state index < -0.39 is 0 Å². The summed E-state index contributed by atoms with van der Waals surface area (Å²) in [7, 11) is 0. The zero-order chi connectivity index (χ0) is 21.7. The summed E-state index contributed by atoms with van der Waals surface area (Å²) in [5.74, 6) is 1.50. The number of hydrogen-bond acceptors (Lipinski definition) is 5. The van der Waals surface area contributed by atoms with Crippen LogP contribution in [0.5, 0.6) is 0 Å². The van der Waals surface area contributed by atoms with Gasteiger partial charge in [0.05, 0.1) is 17.2 Å². The van der Waals surface area contributed by atoms with Crippen LogP contribution in [-0.2, 0) is 0 Å².